The average Bonchev–Trinajstić information content (AvgIpc) is 3.55. The van der Waals surface area contributed by atoms with Crippen molar-refractivity contribution in [3.8, 4) is 5.75 Å². The van der Waals surface area contributed by atoms with Crippen LogP contribution in [0.1, 0.15) is 54.2 Å². The fourth-order valence-corrected chi connectivity index (χ4v) is 5.02. The van der Waals surface area contributed by atoms with Gasteiger partial charge in [0.2, 0.25) is 0 Å². The van der Waals surface area contributed by atoms with Gasteiger partial charge >= 0.3 is 0 Å². The zero-order chi connectivity index (χ0) is 20.0. The molecule has 6 heteroatoms. The summed E-state index contributed by atoms with van der Waals surface area (Å²) in [5.74, 6) is 0.910. The van der Waals surface area contributed by atoms with Crippen LogP contribution in [0.5, 0.6) is 5.75 Å². The van der Waals surface area contributed by atoms with E-state index in [1.165, 1.54) is 12.8 Å². The van der Waals surface area contributed by atoms with Crippen molar-refractivity contribution in [2.24, 2.45) is 0 Å². The maximum atomic E-state index is 13.7. The van der Waals surface area contributed by atoms with E-state index in [0.717, 1.165) is 66.9 Å². The van der Waals surface area contributed by atoms with Gasteiger partial charge in [-0.05, 0) is 57.2 Å². The van der Waals surface area contributed by atoms with Gasteiger partial charge in [-0.1, -0.05) is 0 Å². The van der Waals surface area contributed by atoms with Crippen molar-refractivity contribution in [3.63, 3.8) is 0 Å². The first-order valence-electron chi connectivity index (χ1n) is 10.8. The summed E-state index contributed by atoms with van der Waals surface area (Å²) in [6, 6.07) is 6.62. The highest BCUT2D eigenvalue weighted by Gasteiger charge is 2.38. The van der Waals surface area contributed by atoms with Gasteiger partial charge in [-0.2, -0.15) is 0 Å². The van der Waals surface area contributed by atoms with E-state index >= 15 is 0 Å². The second-order valence-electron chi connectivity index (χ2n) is 8.63. The minimum atomic E-state index is -0.118. The lowest BCUT2D eigenvalue weighted by Crippen LogP contribution is -2.40. The average molecular weight is 399 g/mol. The summed E-state index contributed by atoms with van der Waals surface area (Å²) in [6.07, 6.45) is 5.10. The Hall–Kier alpha value is -2.05. The number of carbonyl (C=O) groups is 1. The van der Waals surface area contributed by atoms with Crippen molar-refractivity contribution in [2.75, 3.05) is 40.0 Å². The summed E-state index contributed by atoms with van der Waals surface area (Å²) in [4.78, 5) is 15.7. The zero-order valence-corrected chi connectivity index (χ0v) is 17.4. The van der Waals surface area contributed by atoms with Crippen LogP contribution in [0.25, 0.3) is 10.9 Å². The van der Waals surface area contributed by atoms with Crippen molar-refractivity contribution < 1.29 is 19.0 Å². The molecule has 2 aliphatic heterocycles. The molecule has 1 aliphatic carbocycles. The quantitative estimate of drug-likeness (QED) is 0.791. The van der Waals surface area contributed by atoms with Gasteiger partial charge in [0, 0.05) is 48.9 Å². The number of fused-ring (bicyclic) bond motifs is 1. The van der Waals surface area contributed by atoms with Gasteiger partial charge in [-0.3, -0.25) is 4.79 Å². The van der Waals surface area contributed by atoms with Crippen LogP contribution in [0.3, 0.4) is 0 Å². The van der Waals surface area contributed by atoms with Gasteiger partial charge in [-0.25, -0.2) is 0 Å². The van der Waals surface area contributed by atoms with E-state index in [1.807, 2.05) is 17.0 Å². The number of amides is 1. The number of carbonyl (C=O) groups excluding carboxylic acids is 1. The molecule has 3 heterocycles. The summed E-state index contributed by atoms with van der Waals surface area (Å²) >= 11 is 0. The molecule has 29 heavy (non-hydrogen) atoms. The molecule has 3 fully saturated rings. The Balaban J connectivity index is 1.48. The molecule has 0 unspecified atom stereocenters. The second kappa shape index (κ2) is 7.33. The van der Waals surface area contributed by atoms with Crippen molar-refractivity contribution in [2.45, 2.75) is 50.7 Å². The van der Waals surface area contributed by atoms with Crippen LogP contribution in [0, 0.1) is 6.92 Å². The molecule has 1 spiro atoms. The van der Waals surface area contributed by atoms with Crippen LogP contribution in [0.2, 0.25) is 0 Å². The standard InChI is InChI=1S/C23H30N2O4/c1-16-21(19-15-18(27-2)5-6-20(19)25(16)17-3-4-17)22(26)24-10-7-23(29-14-11-24)8-12-28-13-9-23/h5-6,15,17H,3-4,7-14H2,1-2H3. The third-order valence-electron chi connectivity index (χ3n) is 6.88. The monoisotopic (exact) mass is 398 g/mol. The fraction of sp³-hybridized carbons (Fsp3) is 0.609. The maximum Gasteiger partial charge on any atom is 0.256 e. The predicted molar refractivity (Wildman–Crippen MR) is 111 cm³/mol. The number of ether oxygens (including phenoxy) is 3. The summed E-state index contributed by atoms with van der Waals surface area (Å²) in [5.41, 5.74) is 2.93. The van der Waals surface area contributed by atoms with E-state index in [4.69, 9.17) is 14.2 Å². The Morgan fingerprint density at radius 1 is 1.14 bits per heavy atom. The van der Waals surface area contributed by atoms with Gasteiger partial charge in [0.25, 0.3) is 5.91 Å². The number of hydrogen-bond donors (Lipinski definition) is 0. The van der Waals surface area contributed by atoms with Crippen LogP contribution in [-0.4, -0.2) is 61.0 Å². The van der Waals surface area contributed by atoms with Crippen LogP contribution >= 0.6 is 0 Å². The molecule has 3 aliphatic rings. The third kappa shape index (κ3) is 3.32. The molecule has 2 aromatic rings. The van der Waals surface area contributed by atoms with E-state index in [-0.39, 0.29) is 11.5 Å². The molecule has 0 N–H and O–H groups in total. The lowest BCUT2D eigenvalue weighted by Gasteiger charge is -2.35. The molecule has 1 saturated carbocycles. The molecule has 0 bridgehead atoms. The van der Waals surface area contributed by atoms with E-state index in [9.17, 15) is 4.79 Å². The van der Waals surface area contributed by atoms with Crippen molar-refractivity contribution in [3.05, 3.63) is 29.5 Å². The highest BCUT2D eigenvalue weighted by molar-refractivity contribution is 6.09. The molecule has 6 nitrogen and oxygen atoms in total. The number of methoxy groups -OCH3 is 1. The van der Waals surface area contributed by atoms with Gasteiger partial charge in [0.05, 0.1) is 24.9 Å². The maximum absolute atomic E-state index is 13.7. The SMILES string of the molecule is COc1ccc2c(c1)c(C(=O)N1CCOC3(CCOCC3)CC1)c(C)n2C1CC1. The molecular weight excluding hydrogens is 368 g/mol. The number of benzene rings is 1. The summed E-state index contributed by atoms with van der Waals surface area (Å²) < 4.78 is 19.6. The first-order chi connectivity index (χ1) is 14.1. The first-order valence-corrected chi connectivity index (χ1v) is 10.8. The smallest absolute Gasteiger partial charge is 0.256 e. The predicted octanol–water partition coefficient (Wildman–Crippen LogP) is 3.70. The van der Waals surface area contributed by atoms with E-state index in [2.05, 4.69) is 17.6 Å². The molecule has 0 atom stereocenters. The molecular formula is C23H30N2O4. The Kier molecular flexibility index (Phi) is 4.79. The van der Waals surface area contributed by atoms with E-state index < -0.39 is 0 Å². The van der Waals surface area contributed by atoms with Gasteiger partial charge in [0.15, 0.2) is 0 Å². The first kappa shape index (κ1) is 18.9. The van der Waals surface area contributed by atoms with E-state index in [1.54, 1.807) is 7.11 Å². The van der Waals surface area contributed by atoms with Crippen molar-refractivity contribution in [1.82, 2.24) is 9.47 Å². The van der Waals surface area contributed by atoms with Gasteiger partial charge in [0.1, 0.15) is 5.75 Å². The summed E-state index contributed by atoms with van der Waals surface area (Å²) in [6.45, 7) is 5.56. The largest absolute Gasteiger partial charge is 0.497 e. The number of nitrogens with zero attached hydrogens (tertiary/aromatic N) is 2. The Morgan fingerprint density at radius 3 is 2.66 bits per heavy atom. The van der Waals surface area contributed by atoms with Gasteiger partial charge in [-0.15, -0.1) is 0 Å². The molecule has 1 amide bonds. The minimum absolute atomic E-state index is 0.118. The van der Waals surface area contributed by atoms with E-state index in [0.29, 0.717) is 19.2 Å². The second-order valence-corrected chi connectivity index (χ2v) is 8.63. The summed E-state index contributed by atoms with van der Waals surface area (Å²) in [7, 11) is 1.67. The van der Waals surface area contributed by atoms with Crippen molar-refractivity contribution >= 4 is 16.8 Å². The molecule has 156 valence electrons. The molecule has 2 saturated heterocycles. The molecule has 1 aromatic heterocycles. The zero-order valence-electron chi connectivity index (χ0n) is 17.4. The number of hydrogen-bond acceptors (Lipinski definition) is 4. The molecule has 1 aromatic carbocycles. The summed E-state index contributed by atoms with van der Waals surface area (Å²) in [5, 5.41) is 1.00. The van der Waals surface area contributed by atoms with Crippen molar-refractivity contribution in [1.29, 1.82) is 0 Å². The fourth-order valence-electron chi connectivity index (χ4n) is 5.02. The molecule has 5 rings (SSSR count). The minimum Gasteiger partial charge on any atom is -0.497 e. The highest BCUT2D eigenvalue weighted by atomic mass is 16.5. The lowest BCUT2D eigenvalue weighted by atomic mass is 9.90. The van der Waals surface area contributed by atoms with Gasteiger partial charge < -0.3 is 23.7 Å². The Labute approximate surface area is 171 Å². The van der Waals surface area contributed by atoms with Crippen LogP contribution in [0.15, 0.2) is 18.2 Å². The third-order valence-corrected chi connectivity index (χ3v) is 6.88. The van der Waals surface area contributed by atoms with Crippen LogP contribution < -0.4 is 4.74 Å². The Bertz CT molecular complexity index is 925. The topological polar surface area (TPSA) is 52.9 Å². The number of aromatic nitrogens is 1. The lowest BCUT2D eigenvalue weighted by molar-refractivity contribution is -0.105. The highest BCUT2D eigenvalue weighted by Crippen LogP contribution is 2.42. The molecule has 0 radical (unpaired) electrons. The Morgan fingerprint density at radius 2 is 1.93 bits per heavy atom. The number of rotatable bonds is 3. The van der Waals surface area contributed by atoms with Crippen LogP contribution in [-0.2, 0) is 9.47 Å². The van der Waals surface area contributed by atoms with Crippen LogP contribution in [0.4, 0.5) is 0 Å². The normalized spacial score (nSPS) is 22.1.